The molecule has 0 atom stereocenters. The fourth-order valence-corrected chi connectivity index (χ4v) is 3.93. The molecule has 0 aliphatic heterocycles. The molecule has 0 radical (unpaired) electrons. The van der Waals surface area contributed by atoms with E-state index >= 15 is 0 Å². The third-order valence-electron chi connectivity index (χ3n) is 2.68. The lowest BCUT2D eigenvalue weighted by Crippen LogP contribution is -2.10. The van der Waals surface area contributed by atoms with Gasteiger partial charge in [-0.2, -0.15) is 0 Å². The first-order chi connectivity index (χ1) is 10.0. The van der Waals surface area contributed by atoms with Gasteiger partial charge in [0.05, 0.1) is 15.6 Å². The zero-order valence-electron chi connectivity index (χ0n) is 12.0. The van der Waals surface area contributed by atoms with Crippen molar-refractivity contribution in [2.45, 2.75) is 37.2 Å². The van der Waals surface area contributed by atoms with Crippen molar-refractivity contribution in [3.63, 3.8) is 0 Å². The molecule has 3 heterocycles. The number of thiophene rings is 1. The molecular weight excluding hydrogens is 322 g/mol. The molecule has 0 saturated heterocycles. The van der Waals surface area contributed by atoms with E-state index in [1.807, 2.05) is 17.5 Å². The highest BCUT2D eigenvalue weighted by molar-refractivity contribution is 7.98. The Labute approximate surface area is 135 Å². The minimum absolute atomic E-state index is 0.102. The van der Waals surface area contributed by atoms with Crippen molar-refractivity contribution in [1.29, 1.82) is 0 Å². The number of thioether (sulfide) groups is 1. The zero-order valence-corrected chi connectivity index (χ0v) is 14.4. The molecule has 0 unspecified atom stereocenters. The second kappa shape index (κ2) is 5.90. The highest BCUT2D eigenvalue weighted by Crippen LogP contribution is 2.30. The number of nitrogens with zero attached hydrogens (tertiary/aromatic N) is 3. The molecule has 110 valence electrons. The first-order valence-corrected chi connectivity index (χ1v) is 9.22. The van der Waals surface area contributed by atoms with Gasteiger partial charge in [0.15, 0.2) is 0 Å². The molecule has 3 aromatic rings. The van der Waals surface area contributed by atoms with Gasteiger partial charge in [-0.1, -0.05) is 38.6 Å². The summed E-state index contributed by atoms with van der Waals surface area (Å²) in [6.45, 7) is 6.52. The Morgan fingerprint density at radius 2 is 2.10 bits per heavy atom. The fraction of sp³-hybridized carbons (Fsp3) is 0.357. The summed E-state index contributed by atoms with van der Waals surface area (Å²) in [6, 6.07) is 3.95. The van der Waals surface area contributed by atoms with E-state index in [2.05, 4.69) is 41.3 Å². The summed E-state index contributed by atoms with van der Waals surface area (Å²) in [5.74, 6) is 1.33. The van der Waals surface area contributed by atoms with Crippen molar-refractivity contribution in [3.05, 3.63) is 33.6 Å². The van der Waals surface area contributed by atoms with Crippen molar-refractivity contribution >= 4 is 34.4 Å². The van der Waals surface area contributed by atoms with E-state index in [-0.39, 0.29) is 5.41 Å². The smallest absolute Gasteiger partial charge is 0.277 e. The van der Waals surface area contributed by atoms with E-state index in [1.54, 1.807) is 22.7 Å². The Kier molecular flexibility index (Phi) is 4.14. The molecule has 3 aromatic heterocycles. The lowest BCUT2D eigenvalue weighted by atomic mass is 9.98. The van der Waals surface area contributed by atoms with E-state index in [1.165, 1.54) is 11.8 Å². The van der Waals surface area contributed by atoms with Crippen LogP contribution in [0.15, 0.2) is 32.5 Å². The summed E-state index contributed by atoms with van der Waals surface area (Å²) < 4.78 is 5.65. The number of hydrogen-bond donors (Lipinski definition) is 0. The molecular formula is C14H15N3OS3. The summed E-state index contributed by atoms with van der Waals surface area (Å²) >= 11 is 4.82. The normalized spacial score (nSPS) is 12.0. The Bertz CT molecular complexity index is 710. The lowest BCUT2D eigenvalue weighted by molar-refractivity contribution is 0.466. The first-order valence-electron chi connectivity index (χ1n) is 6.47. The van der Waals surface area contributed by atoms with Gasteiger partial charge in [-0.15, -0.1) is 32.9 Å². The SMILES string of the molecule is CC(C)(C)c1nc(CSc2nnc(-c3cccs3)o2)cs1. The highest BCUT2D eigenvalue weighted by atomic mass is 32.2. The molecule has 0 amide bonds. The van der Waals surface area contributed by atoms with Gasteiger partial charge in [0.1, 0.15) is 0 Å². The molecule has 0 fully saturated rings. The summed E-state index contributed by atoms with van der Waals surface area (Å²) in [5, 5.41) is 14.0. The largest absolute Gasteiger partial charge is 0.410 e. The van der Waals surface area contributed by atoms with Crippen LogP contribution in [0.2, 0.25) is 0 Å². The Balaban J connectivity index is 1.64. The van der Waals surface area contributed by atoms with Crippen LogP contribution in [0.25, 0.3) is 10.8 Å². The van der Waals surface area contributed by atoms with Crippen LogP contribution in [-0.4, -0.2) is 15.2 Å². The maximum atomic E-state index is 5.65. The van der Waals surface area contributed by atoms with Crippen LogP contribution < -0.4 is 0 Å². The molecule has 0 saturated carbocycles. The van der Waals surface area contributed by atoms with E-state index < -0.39 is 0 Å². The molecule has 0 aliphatic carbocycles. The van der Waals surface area contributed by atoms with Gasteiger partial charge >= 0.3 is 0 Å². The van der Waals surface area contributed by atoms with Crippen molar-refractivity contribution < 1.29 is 4.42 Å². The Morgan fingerprint density at radius 3 is 2.76 bits per heavy atom. The van der Waals surface area contributed by atoms with Crippen LogP contribution in [-0.2, 0) is 11.2 Å². The minimum Gasteiger partial charge on any atom is -0.410 e. The topological polar surface area (TPSA) is 51.8 Å². The van der Waals surface area contributed by atoms with Crippen LogP contribution in [0.4, 0.5) is 0 Å². The molecule has 21 heavy (non-hydrogen) atoms. The quantitative estimate of drug-likeness (QED) is 0.637. The van der Waals surface area contributed by atoms with Crippen molar-refractivity contribution in [1.82, 2.24) is 15.2 Å². The molecule has 0 aliphatic rings. The number of hydrogen-bond acceptors (Lipinski definition) is 7. The third-order valence-corrected chi connectivity index (χ3v) is 5.70. The maximum absolute atomic E-state index is 5.65. The highest BCUT2D eigenvalue weighted by Gasteiger charge is 2.18. The Morgan fingerprint density at radius 1 is 1.24 bits per heavy atom. The van der Waals surface area contributed by atoms with Gasteiger partial charge in [-0.25, -0.2) is 4.98 Å². The zero-order chi connectivity index (χ0) is 14.9. The van der Waals surface area contributed by atoms with E-state index in [4.69, 9.17) is 4.42 Å². The van der Waals surface area contributed by atoms with Crippen LogP contribution in [0.5, 0.6) is 0 Å². The lowest BCUT2D eigenvalue weighted by Gasteiger charge is -2.13. The molecule has 4 nitrogen and oxygen atoms in total. The average molecular weight is 337 g/mol. The molecule has 3 rings (SSSR count). The minimum atomic E-state index is 0.102. The third kappa shape index (κ3) is 3.53. The number of thiazole rings is 1. The molecule has 7 heteroatoms. The second-order valence-corrected chi connectivity index (χ2v) is 8.27. The molecule has 0 N–H and O–H groups in total. The second-order valence-electron chi connectivity index (χ2n) is 5.53. The van der Waals surface area contributed by atoms with Crippen molar-refractivity contribution in [2.75, 3.05) is 0 Å². The molecule has 0 spiro atoms. The van der Waals surface area contributed by atoms with Gasteiger partial charge < -0.3 is 4.42 Å². The summed E-state index contributed by atoms with van der Waals surface area (Å²) in [6.07, 6.45) is 0. The predicted molar refractivity (Wildman–Crippen MR) is 88.0 cm³/mol. The predicted octanol–water partition coefficient (Wildman–Crippen LogP) is 4.84. The molecule has 0 aromatic carbocycles. The van der Waals surface area contributed by atoms with Crippen LogP contribution in [0.1, 0.15) is 31.5 Å². The average Bonchev–Trinajstić information content (AvgIpc) is 3.16. The van der Waals surface area contributed by atoms with Crippen LogP contribution in [0, 0.1) is 0 Å². The van der Waals surface area contributed by atoms with E-state index in [0.717, 1.165) is 21.3 Å². The van der Waals surface area contributed by atoms with Crippen molar-refractivity contribution in [3.8, 4) is 10.8 Å². The van der Waals surface area contributed by atoms with Gasteiger partial charge in [0, 0.05) is 16.5 Å². The first kappa shape index (κ1) is 14.7. The standard InChI is InChI=1S/C14H15N3OS3/c1-14(2,3)12-15-9(7-20-12)8-21-13-17-16-11(18-13)10-5-4-6-19-10/h4-7H,8H2,1-3H3. The van der Waals surface area contributed by atoms with Gasteiger partial charge in [-0.3, -0.25) is 0 Å². The fourth-order valence-electron chi connectivity index (χ4n) is 1.62. The maximum Gasteiger partial charge on any atom is 0.277 e. The Hall–Kier alpha value is -1.18. The van der Waals surface area contributed by atoms with Gasteiger partial charge in [0.25, 0.3) is 11.1 Å². The summed E-state index contributed by atoms with van der Waals surface area (Å²) in [4.78, 5) is 5.66. The monoisotopic (exact) mass is 337 g/mol. The van der Waals surface area contributed by atoms with Gasteiger partial charge in [-0.05, 0) is 11.4 Å². The van der Waals surface area contributed by atoms with E-state index in [0.29, 0.717) is 11.1 Å². The van der Waals surface area contributed by atoms with Crippen LogP contribution in [0.3, 0.4) is 0 Å². The number of rotatable bonds is 4. The summed E-state index contributed by atoms with van der Waals surface area (Å²) in [7, 11) is 0. The van der Waals surface area contributed by atoms with E-state index in [9.17, 15) is 0 Å². The molecule has 0 bridgehead atoms. The summed E-state index contributed by atoms with van der Waals surface area (Å²) in [5.41, 5.74) is 1.16. The van der Waals surface area contributed by atoms with Crippen LogP contribution >= 0.6 is 34.4 Å². The van der Waals surface area contributed by atoms with Gasteiger partial charge in [0.2, 0.25) is 0 Å². The number of aromatic nitrogens is 3. The van der Waals surface area contributed by atoms with Crippen molar-refractivity contribution in [2.24, 2.45) is 0 Å².